The summed E-state index contributed by atoms with van der Waals surface area (Å²) >= 11 is 2.26. The van der Waals surface area contributed by atoms with Crippen LogP contribution in [-0.2, 0) is 4.79 Å². The van der Waals surface area contributed by atoms with Crippen molar-refractivity contribution >= 4 is 34.2 Å². The Balaban J connectivity index is 1.58. The molecule has 0 bridgehead atoms. The monoisotopic (exact) mass is 384 g/mol. The van der Waals surface area contributed by atoms with Gasteiger partial charge in [0.2, 0.25) is 5.91 Å². The lowest BCUT2D eigenvalue weighted by Gasteiger charge is -2.28. The molecule has 0 aromatic heterocycles. The number of anilines is 1. The largest absolute Gasteiger partial charge is 0.325 e. The zero-order valence-corrected chi connectivity index (χ0v) is 14.0. The molecule has 2 fully saturated rings. The van der Waals surface area contributed by atoms with E-state index >= 15 is 0 Å². The Kier molecular flexibility index (Phi) is 4.31. The smallest absolute Gasteiger partial charge is 0.238 e. The molecule has 20 heavy (non-hydrogen) atoms. The molecule has 1 amide bonds. The molecule has 2 aliphatic rings. The second-order valence-corrected chi connectivity index (χ2v) is 7.29. The van der Waals surface area contributed by atoms with Gasteiger partial charge in [0.05, 0.1) is 6.54 Å². The van der Waals surface area contributed by atoms with Crippen molar-refractivity contribution in [2.45, 2.75) is 44.7 Å². The first-order valence-corrected chi connectivity index (χ1v) is 8.52. The summed E-state index contributed by atoms with van der Waals surface area (Å²) in [6.45, 7) is 2.82. The van der Waals surface area contributed by atoms with Gasteiger partial charge in [0.15, 0.2) is 0 Å². The molecule has 4 heteroatoms. The molecule has 2 aliphatic carbocycles. The minimum Gasteiger partial charge on any atom is -0.325 e. The van der Waals surface area contributed by atoms with Crippen LogP contribution >= 0.6 is 22.6 Å². The fourth-order valence-corrected chi connectivity index (χ4v) is 3.34. The van der Waals surface area contributed by atoms with Gasteiger partial charge in [-0.25, -0.2) is 0 Å². The minimum atomic E-state index is 0.117. The van der Waals surface area contributed by atoms with Gasteiger partial charge in [0.25, 0.3) is 0 Å². The zero-order chi connectivity index (χ0) is 14.1. The van der Waals surface area contributed by atoms with E-state index in [0.29, 0.717) is 18.6 Å². The third kappa shape index (κ3) is 3.73. The van der Waals surface area contributed by atoms with Crippen LogP contribution in [0.4, 0.5) is 5.69 Å². The quantitative estimate of drug-likeness (QED) is 0.762. The molecule has 108 valence electrons. The average molecular weight is 384 g/mol. The van der Waals surface area contributed by atoms with E-state index in [0.717, 1.165) is 15.2 Å². The number of benzene rings is 1. The van der Waals surface area contributed by atoms with E-state index in [-0.39, 0.29) is 5.91 Å². The second kappa shape index (κ2) is 6.02. The van der Waals surface area contributed by atoms with Crippen molar-refractivity contribution in [3.05, 3.63) is 27.8 Å². The first-order valence-electron chi connectivity index (χ1n) is 7.44. The number of nitrogens with zero attached hydrogens (tertiary/aromatic N) is 1. The van der Waals surface area contributed by atoms with Gasteiger partial charge >= 0.3 is 0 Å². The van der Waals surface area contributed by atoms with Crippen LogP contribution in [0, 0.1) is 9.49 Å². The predicted molar refractivity (Wildman–Crippen MR) is 89.7 cm³/mol. The average Bonchev–Trinajstić information content (AvgIpc) is 3.28. The van der Waals surface area contributed by atoms with Gasteiger partial charge in [-0.1, -0.05) is 6.07 Å². The van der Waals surface area contributed by atoms with E-state index in [1.807, 2.05) is 24.3 Å². The number of amides is 1. The van der Waals surface area contributed by atoms with Crippen LogP contribution in [0.3, 0.4) is 0 Å². The summed E-state index contributed by atoms with van der Waals surface area (Å²) in [4.78, 5) is 14.7. The number of hydrogen-bond donors (Lipinski definition) is 1. The Morgan fingerprint density at radius 3 is 2.75 bits per heavy atom. The maximum absolute atomic E-state index is 12.3. The molecule has 0 radical (unpaired) electrons. The lowest BCUT2D eigenvalue weighted by molar-refractivity contribution is -0.118. The summed E-state index contributed by atoms with van der Waals surface area (Å²) in [5.74, 6) is 0.937. The molecule has 3 nitrogen and oxygen atoms in total. The normalized spacial score (nSPS) is 19.9. The van der Waals surface area contributed by atoms with Crippen molar-refractivity contribution in [1.29, 1.82) is 0 Å². The lowest BCUT2D eigenvalue weighted by Crippen LogP contribution is -2.42. The van der Waals surface area contributed by atoms with Gasteiger partial charge in [-0.05, 0) is 79.3 Å². The summed E-state index contributed by atoms with van der Waals surface area (Å²) in [6.07, 6.45) is 5.19. The number of rotatable bonds is 6. The summed E-state index contributed by atoms with van der Waals surface area (Å²) < 4.78 is 1.14. The molecule has 3 rings (SSSR count). The topological polar surface area (TPSA) is 32.3 Å². The highest BCUT2D eigenvalue weighted by Gasteiger charge is 2.39. The molecular formula is C16H21IN2O. The van der Waals surface area contributed by atoms with E-state index in [9.17, 15) is 4.79 Å². The van der Waals surface area contributed by atoms with E-state index in [2.05, 4.69) is 39.7 Å². The number of hydrogen-bond acceptors (Lipinski definition) is 2. The molecule has 0 saturated heterocycles. The molecule has 1 aromatic rings. The van der Waals surface area contributed by atoms with Gasteiger partial charge in [0.1, 0.15) is 0 Å². The van der Waals surface area contributed by atoms with Crippen LogP contribution < -0.4 is 5.32 Å². The van der Waals surface area contributed by atoms with Crippen molar-refractivity contribution in [3.63, 3.8) is 0 Å². The van der Waals surface area contributed by atoms with Crippen LogP contribution in [0.5, 0.6) is 0 Å². The van der Waals surface area contributed by atoms with Gasteiger partial charge in [-0.2, -0.15) is 0 Å². The van der Waals surface area contributed by atoms with Crippen molar-refractivity contribution in [1.82, 2.24) is 4.90 Å². The van der Waals surface area contributed by atoms with Crippen molar-refractivity contribution in [2.75, 3.05) is 11.9 Å². The van der Waals surface area contributed by atoms with Crippen LogP contribution in [0.15, 0.2) is 24.3 Å². The van der Waals surface area contributed by atoms with Crippen molar-refractivity contribution in [2.24, 2.45) is 5.92 Å². The molecule has 0 heterocycles. The molecule has 1 atom stereocenters. The highest BCUT2D eigenvalue weighted by Crippen LogP contribution is 2.39. The van der Waals surface area contributed by atoms with Crippen LogP contribution in [0.25, 0.3) is 0 Å². The fraction of sp³-hybridized carbons (Fsp3) is 0.562. The Bertz CT molecular complexity index is 497. The van der Waals surface area contributed by atoms with Crippen molar-refractivity contribution < 1.29 is 4.79 Å². The first kappa shape index (κ1) is 14.3. The molecule has 1 N–H and O–H groups in total. The second-order valence-electron chi connectivity index (χ2n) is 6.04. The van der Waals surface area contributed by atoms with Crippen LogP contribution in [0.1, 0.15) is 32.6 Å². The first-order chi connectivity index (χ1) is 9.63. The highest BCUT2D eigenvalue weighted by atomic mass is 127. The Morgan fingerprint density at radius 1 is 1.40 bits per heavy atom. The summed E-state index contributed by atoms with van der Waals surface area (Å²) in [5.41, 5.74) is 0.900. The fourth-order valence-electron chi connectivity index (χ4n) is 2.79. The maximum Gasteiger partial charge on any atom is 0.238 e. The Morgan fingerprint density at radius 2 is 2.15 bits per heavy atom. The van der Waals surface area contributed by atoms with E-state index in [4.69, 9.17) is 0 Å². The zero-order valence-electron chi connectivity index (χ0n) is 11.8. The summed E-state index contributed by atoms with van der Waals surface area (Å²) in [5, 5.41) is 3.02. The van der Waals surface area contributed by atoms with Gasteiger partial charge in [-0.15, -0.1) is 0 Å². The summed E-state index contributed by atoms with van der Waals surface area (Å²) in [6, 6.07) is 9.16. The van der Waals surface area contributed by atoms with E-state index in [1.165, 1.54) is 25.7 Å². The van der Waals surface area contributed by atoms with Crippen molar-refractivity contribution in [3.8, 4) is 0 Å². The van der Waals surface area contributed by atoms with Crippen LogP contribution in [0.2, 0.25) is 0 Å². The van der Waals surface area contributed by atoms with Gasteiger partial charge < -0.3 is 5.32 Å². The Labute approximate surface area is 134 Å². The minimum absolute atomic E-state index is 0.117. The predicted octanol–water partition coefficient (Wildman–Crippen LogP) is 3.49. The lowest BCUT2D eigenvalue weighted by atomic mass is 10.1. The van der Waals surface area contributed by atoms with E-state index < -0.39 is 0 Å². The Hall–Kier alpha value is -0.620. The van der Waals surface area contributed by atoms with Gasteiger partial charge in [0, 0.05) is 21.3 Å². The molecular weight excluding hydrogens is 363 g/mol. The molecule has 0 aliphatic heterocycles. The third-order valence-corrected chi connectivity index (χ3v) is 4.95. The van der Waals surface area contributed by atoms with Gasteiger partial charge in [-0.3, -0.25) is 9.69 Å². The maximum atomic E-state index is 12.3. The molecule has 2 saturated carbocycles. The SMILES string of the molecule is CC(C1CC1)N(CC(=O)Nc1cccc(I)c1)C1CC1. The standard InChI is InChI=1S/C16H21IN2O/c1-11(12-5-6-12)19(15-7-8-15)10-16(20)18-14-4-2-3-13(17)9-14/h2-4,9,11-12,15H,5-8,10H2,1H3,(H,18,20). The number of halogens is 1. The number of carbonyl (C=O) groups excluding carboxylic acids is 1. The summed E-state index contributed by atoms with van der Waals surface area (Å²) in [7, 11) is 0. The molecule has 1 aromatic carbocycles. The van der Waals surface area contributed by atoms with Crippen LogP contribution in [-0.4, -0.2) is 29.4 Å². The number of carbonyl (C=O) groups is 1. The number of nitrogens with one attached hydrogen (secondary N) is 1. The third-order valence-electron chi connectivity index (χ3n) is 4.28. The molecule has 0 spiro atoms. The highest BCUT2D eigenvalue weighted by molar-refractivity contribution is 14.1. The molecule has 1 unspecified atom stereocenters. The van der Waals surface area contributed by atoms with E-state index in [1.54, 1.807) is 0 Å².